The number of hydrogen-bond acceptors (Lipinski definition) is 2. The minimum atomic E-state index is -3.48. The summed E-state index contributed by atoms with van der Waals surface area (Å²) in [5, 5.41) is 0. The number of nitrogens with one attached hydrogen (secondary N) is 1. The summed E-state index contributed by atoms with van der Waals surface area (Å²) in [7, 11) is -3.48. The van der Waals surface area contributed by atoms with Crippen molar-refractivity contribution in [1.29, 1.82) is 0 Å². The Labute approximate surface area is 118 Å². The van der Waals surface area contributed by atoms with Crippen molar-refractivity contribution in [3.63, 3.8) is 0 Å². The molecule has 0 aliphatic carbocycles. The van der Waals surface area contributed by atoms with Crippen molar-refractivity contribution < 1.29 is 8.42 Å². The van der Waals surface area contributed by atoms with Crippen LogP contribution in [0.15, 0.2) is 27.6 Å². The molecule has 5 heteroatoms. The van der Waals surface area contributed by atoms with E-state index in [1.54, 1.807) is 18.2 Å². The lowest BCUT2D eigenvalue weighted by molar-refractivity contribution is 0.417. The third-order valence-corrected chi connectivity index (χ3v) is 5.34. The van der Waals surface area contributed by atoms with E-state index in [-0.39, 0.29) is 4.90 Å². The molecule has 1 N–H and O–H groups in total. The van der Waals surface area contributed by atoms with Gasteiger partial charge in [0.2, 0.25) is 10.0 Å². The van der Waals surface area contributed by atoms with Crippen molar-refractivity contribution in [3.05, 3.63) is 28.2 Å². The molecule has 0 saturated heterocycles. The maximum Gasteiger partial charge on any atom is 0.242 e. The fourth-order valence-electron chi connectivity index (χ4n) is 1.92. The van der Waals surface area contributed by atoms with E-state index in [1.807, 2.05) is 27.7 Å². The quantitative estimate of drug-likeness (QED) is 0.894. The van der Waals surface area contributed by atoms with Crippen molar-refractivity contribution in [2.24, 2.45) is 0 Å². The SMILES string of the molecule is CCCC(C)(C)NS(=O)(=O)c1ccc(C)cc1Br. The van der Waals surface area contributed by atoms with E-state index in [1.165, 1.54) is 0 Å². The summed E-state index contributed by atoms with van der Waals surface area (Å²) in [6.07, 6.45) is 1.74. The van der Waals surface area contributed by atoms with Gasteiger partial charge in [-0.3, -0.25) is 0 Å². The maximum atomic E-state index is 12.3. The normalized spacial score (nSPS) is 12.7. The Kier molecular flexibility index (Phi) is 4.98. The maximum absolute atomic E-state index is 12.3. The highest BCUT2D eigenvalue weighted by Crippen LogP contribution is 2.25. The molecule has 1 aromatic carbocycles. The number of sulfonamides is 1. The molecule has 1 aromatic rings. The minimum Gasteiger partial charge on any atom is -0.207 e. The van der Waals surface area contributed by atoms with Crippen LogP contribution < -0.4 is 4.72 Å². The van der Waals surface area contributed by atoms with Gasteiger partial charge in [0.15, 0.2) is 0 Å². The molecular weight excluding hydrogens is 314 g/mol. The Morgan fingerprint density at radius 2 is 1.94 bits per heavy atom. The van der Waals surface area contributed by atoms with Gasteiger partial charge in [-0.1, -0.05) is 19.4 Å². The fraction of sp³-hybridized carbons (Fsp3) is 0.538. The first-order chi connectivity index (χ1) is 8.18. The van der Waals surface area contributed by atoms with Crippen molar-refractivity contribution in [2.45, 2.75) is 51.0 Å². The van der Waals surface area contributed by atoms with Crippen LogP contribution in [0.1, 0.15) is 39.2 Å². The average Bonchev–Trinajstić information content (AvgIpc) is 2.14. The van der Waals surface area contributed by atoms with Crippen molar-refractivity contribution >= 4 is 26.0 Å². The van der Waals surface area contributed by atoms with Crippen LogP contribution in [0.25, 0.3) is 0 Å². The summed E-state index contributed by atoms with van der Waals surface area (Å²) in [5.41, 5.74) is 0.589. The molecule has 18 heavy (non-hydrogen) atoms. The summed E-state index contributed by atoms with van der Waals surface area (Å²) in [6, 6.07) is 5.23. The summed E-state index contributed by atoms with van der Waals surface area (Å²) < 4.78 is 28.0. The molecule has 0 heterocycles. The third kappa shape index (κ3) is 4.07. The van der Waals surface area contributed by atoms with Gasteiger partial charge < -0.3 is 0 Å². The van der Waals surface area contributed by atoms with E-state index < -0.39 is 15.6 Å². The van der Waals surface area contributed by atoms with Crippen LogP contribution in [0.4, 0.5) is 0 Å². The number of rotatable bonds is 5. The number of halogens is 1. The Morgan fingerprint density at radius 1 is 1.33 bits per heavy atom. The summed E-state index contributed by atoms with van der Waals surface area (Å²) >= 11 is 3.31. The van der Waals surface area contributed by atoms with Crippen molar-refractivity contribution in [2.75, 3.05) is 0 Å². The zero-order chi connectivity index (χ0) is 14.0. The van der Waals surface area contributed by atoms with E-state index >= 15 is 0 Å². The van der Waals surface area contributed by atoms with E-state index in [2.05, 4.69) is 20.7 Å². The number of benzene rings is 1. The number of hydrogen-bond donors (Lipinski definition) is 1. The van der Waals surface area contributed by atoms with Crippen LogP contribution in [0.2, 0.25) is 0 Å². The molecular formula is C13H20BrNO2S. The van der Waals surface area contributed by atoms with E-state index in [0.29, 0.717) is 4.47 Å². The fourth-order valence-corrected chi connectivity index (χ4v) is 4.55. The van der Waals surface area contributed by atoms with Crippen LogP contribution in [-0.2, 0) is 10.0 Å². The molecule has 0 spiro atoms. The molecule has 0 saturated carbocycles. The van der Waals surface area contributed by atoms with Gasteiger partial charge in [0.05, 0.1) is 4.90 Å². The van der Waals surface area contributed by atoms with Gasteiger partial charge in [0.1, 0.15) is 0 Å². The van der Waals surface area contributed by atoms with Crippen LogP contribution in [0, 0.1) is 6.92 Å². The van der Waals surface area contributed by atoms with Gasteiger partial charge in [-0.2, -0.15) is 0 Å². The monoisotopic (exact) mass is 333 g/mol. The molecule has 0 amide bonds. The van der Waals surface area contributed by atoms with Gasteiger partial charge in [0.25, 0.3) is 0 Å². The molecule has 1 rings (SSSR count). The second-order valence-electron chi connectivity index (χ2n) is 5.17. The standard InChI is InChI=1S/C13H20BrNO2S/c1-5-8-13(3,4)15-18(16,17)12-7-6-10(2)9-11(12)14/h6-7,9,15H,5,8H2,1-4H3. The highest BCUT2D eigenvalue weighted by molar-refractivity contribution is 9.10. The lowest BCUT2D eigenvalue weighted by atomic mass is 10.0. The number of aryl methyl sites for hydroxylation is 1. The van der Waals surface area contributed by atoms with E-state index in [0.717, 1.165) is 18.4 Å². The van der Waals surface area contributed by atoms with Gasteiger partial charge in [-0.05, 0) is 60.8 Å². The first-order valence-electron chi connectivity index (χ1n) is 5.98. The average molecular weight is 334 g/mol. The molecule has 0 atom stereocenters. The van der Waals surface area contributed by atoms with Gasteiger partial charge >= 0.3 is 0 Å². The largest absolute Gasteiger partial charge is 0.242 e. The van der Waals surface area contributed by atoms with E-state index in [4.69, 9.17) is 0 Å². The molecule has 102 valence electrons. The smallest absolute Gasteiger partial charge is 0.207 e. The second-order valence-corrected chi connectivity index (χ2v) is 7.68. The highest BCUT2D eigenvalue weighted by atomic mass is 79.9. The van der Waals surface area contributed by atoms with Gasteiger partial charge in [-0.15, -0.1) is 0 Å². The first-order valence-corrected chi connectivity index (χ1v) is 8.26. The molecule has 0 fully saturated rings. The van der Waals surface area contributed by atoms with Crippen LogP contribution in [0.3, 0.4) is 0 Å². The molecule has 0 radical (unpaired) electrons. The highest BCUT2D eigenvalue weighted by Gasteiger charge is 2.26. The predicted octanol–water partition coefficient (Wildman–Crippen LogP) is 3.61. The zero-order valence-electron chi connectivity index (χ0n) is 11.2. The van der Waals surface area contributed by atoms with Gasteiger partial charge in [0, 0.05) is 10.0 Å². The molecule has 0 aliphatic rings. The lowest BCUT2D eigenvalue weighted by Gasteiger charge is -2.25. The molecule has 0 aromatic heterocycles. The molecule has 3 nitrogen and oxygen atoms in total. The Hall–Kier alpha value is -0.390. The Bertz CT molecular complexity index is 524. The van der Waals surface area contributed by atoms with Crippen molar-refractivity contribution in [3.8, 4) is 0 Å². The van der Waals surface area contributed by atoms with Gasteiger partial charge in [-0.25, -0.2) is 13.1 Å². The third-order valence-electron chi connectivity index (χ3n) is 2.66. The minimum absolute atomic E-state index is 0.289. The molecule has 0 aliphatic heterocycles. The summed E-state index contributed by atoms with van der Waals surface area (Å²) in [4.78, 5) is 0.289. The predicted molar refractivity (Wildman–Crippen MR) is 78.2 cm³/mol. The van der Waals surface area contributed by atoms with Crippen molar-refractivity contribution in [1.82, 2.24) is 4.72 Å². The zero-order valence-corrected chi connectivity index (χ0v) is 13.7. The first kappa shape index (κ1) is 15.7. The second kappa shape index (κ2) is 5.72. The topological polar surface area (TPSA) is 46.2 Å². The summed E-state index contributed by atoms with van der Waals surface area (Å²) in [5.74, 6) is 0. The lowest BCUT2D eigenvalue weighted by Crippen LogP contribution is -2.43. The van der Waals surface area contributed by atoms with Crippen LogP contribution >= 0.6 is 15.9 Å². The summed E-state index contributed by atoms with van der Waals surface area (Å²) in [6.45, 7) is 7.76. The van der Waals surface area contributed by atoms with E-state index in [9.17, 15) is 8.42 Å². The molecule has 0 bridgehead atoms. The molecule has 0 unspecified atom stereocenters. The van der Waals surface area contributed by atoms with Crippen LogP contribution in [0.5, 0.6) is 0 Å². The van der Waals surface area contributed by atoms with Crippen LogP contribution in [-0.4, -0.2) is 14.0 Å². The Balaban J connectivity index is 3.07. The Morgan fingerprint density at radius 3 is 2.44 bits per heavy atom.